The van der Waals surface area contributed by atoms with Crippen LogP contribution in [-0.4, -0.2) is 36.5 Å². The Bertz CT molecular complexity index is 534. The molecule has 1 aromatic rings. The lowest BCUT2D eigenvalue weighted by Crippen LogP contribution is -2.34. The van der Waals surface area contributed by atoms with Crippen LogP contribution in [0.25, 0.3) is 0 Å². The minimum absolute atomic E-state index is 0.484. The van der Waals surface area contributed by atoms with Gasteiger partial charge in [0.25, 0.3) is 0 Å². The molecular formula is C10H15N3O2S2. The Balaban J connectivity index is 1.79. The van der Waals surface area contributed by atoms with Gasteiger partial charge in [0, 0.05) is 30.4 Å². The highest BCUT2D eigenvalue weighted by Gasteiger charge is 2.28. The first-order valence-electron chi connectivity index (χ1n) is 5.72. The van der Waals surface area contributed by atoms with Crippen LogP contribution in [0.2, 0.25) is 0 Å². The van der Waals surface area contributed by atoms with E-state index in [1.54, 1.807) is 11.3 Å². The van der Waals surface area contributed by atoms with Crippen LogP contribution in [0.4, 0.5) is 5.13 Å². The van der Waals surface area contributed by atoms with Crippen molar-refractivity contribution in [1.29, 1.82) is 0 Å². The van der Waals surface area contributed by atoms with Gasteiger partial charge in [0.2, 0.25) is 10.0 Å². The van der Waals surface area contributed by atoms with Gasteiger partial charge in [-0.1, -0.05) is 0 Å². The van der Waals surface area contributed by atoms with Crippen molar-refractivity contribution in [3.63, 3.8) is 0 Å². The summed E-state index contributed by atoms with van der Waals surface area (Å²) in [5, 5.41) is 4.32. The van der Waals surface area contributed by atoms with E-state index < -0.39 is 10.0 Å². The third kappa shape index (κ3) is 2.46. The minimum Gasteiger partial charge on any atom is -0.359 e. The van der Waals surface area contributed by atoms with Gasteiger partial charge in [-0.3, -0.25) is 0 Å². The smallest absolute Gasteiger partial charge is 0.211 e. The normalized spacial score (nSPS) is 21.2. The van der Waals surface area contributed by atoms with E-state index in [1.165, 1.54) is 23.4 Å². The summed E-state index contributed by atoms with van der Waals surface area (Å²) in [6.45, 7) is 1.04. The number of sulfonamides is 1. The van der Waals surface area contributed by atoms with Gasteiger partial charge >= 0.3 is 0 Å². The maximum absolute atomic E-state index is 11.5. The Kier molecular flexibility index (Phi) is 2.64. The van der Waals surface area contributed by atoms with E-state index in [9.17, 15) is 8.42 Å². The van der Waals surface area contributed by atoms with Gasteiger partial charge in [0.15, 0.2) is 5.13 Å². The SMILES string of the molecule is CS(=O)(=O)N1CCc2nc(NC3CC3)sc2C1. The van der Waals surface area contributed by atoms with Crippen molar-refractivity contribution < 1.29 is 8.42 Å². The number of hydrogen-bond donors (Lipinski definition) is 1. The monoisotopic (exact) mass is 273 g/mol. The molecule has 2 aliphatic rings. The fraction of sp³-hybridized carbons (Fsp3) is 0.700. The summed E-state index contributed by atoms with van der Waals surface area (Å²) in [6.07, 6.45) is 4.44. The molecule has 0 atom stereocenters. The Morgan fingerprint density at radius 1 is 1.47 bits per heavy atom. The van der Waals surface area contributed by atoms with Crippen LogP contribution in [0.3, 0.4) is 0 Å². The molecular weight excluding hydrogens is 258 g/mol. The maximum Gasteiger partial charge on any atom is 0.211 e. The van der Waals surface area contributed by atoms with Crippen molar-refractivity contribution in [1.82, 2.24) is 9.29 Å². The third-order valence-corrected chi connectivity index (χ3v) is 5.33. The summed E-state index contributed by atoms with van der Waals surface area (Å²) < 4.78 is 24.5. The highest BCUT2D eigenvalue weighted by Crippen LogP contribution is 2.32. The van der Waals surface area contributed by atoms with Gasteiger partial charge in [-0.2, -0.15) is 4.31 Å². The highest BCUT2D eigenvalue weighted by atomic mass is 32.2. The molecule has 17 heavy (non-hydrogen) atoms. The molecule has 0 radical (unpaired) electrons. The van der Waals surface area contributed by atoms with Crippen LogP contribution in [-0.2, 0) is 23.0 Å². The number of thiazole rings is 1. The quantitative estimate of drug-likeness (QED) is 0.893. The first kappa shape index (κ1) is 11.4. The van der Waals surface area contributed by atoms with Gasteiger partial charge in [-0.05, 0) is 12.8 Å². The van der Waals surface area contributed by atoms with Crippen LogP contribution in [0.1, 0.15) is 23.4 Å². The fourth-order valence-corrected chi connectivity index (χ4v) is 3.89. The molecule has 0 saturated heterocycles. The standard InChI is InChI=1S/C10H15N3O2S2/c1-17(14,15)13-5-4-8-9(6-13)16-10(12-8)11-7-2-3-7/h7H,2-6H2,1H3,(H,11,12). The Hall–Kier alpha value is -0.660. The van der Waals surface area contributed by atoms with Crippen molar-refractivity contribution in [2.24, 2.45) is 0 Å². The summed E-state index contributed by atoms with van der Waals surface area (Å²) in [5.41, 5.74) is 1.07. The average Bonchev–Trinajstić information content (AvgIpc) is 2.95. The van der Waals surface area contributed by atoms with E-state index in [2.05, 4.69) is 10.3 Å². The summed E-state index contributed by atoms with van der Waals surface area (Å²) in [7, 11) is -3.08. The lowest BCUT2D eigenvalue weighted by Gasteiger charge is -2.23. The topological polar surface area (TPSA) is 62.3 Å². The number of rotatable bonds is 3. The maximum atomic E-state index is 11.5. The van der Waals surface area contributed by atoms with Gasteiger partial charge in [-0.25, -0.2) is 13.4 Å². The van der Waals surface area contributed by atoms with Gasteiger partial charge in [-0.15, -0.1) is 11.3 Å². The first-order chi connectivity index (χ1) is 8.02. The molecule has 1 aliphatic heterocycles. The molecule has 0 aromatic carbocycles. The van der Waals surface area contributed by atoms with E-state index in [-0.39, 0.29) is 0 Å². The molecule has 1 saturated carbocycles. The predicted molar refractivity (Wildman–Crippen MR) is 67.7 cm³/mol. The van der Waals surface area contributed by atoms with E-state index >= 15 is 0 Å². The molecule has 1 aromatic heterocycles. The second kappa shape index (κ2) is 3.93. The average molecular weight is 273 g/mol. The zero-order valence-electron chi connectivity index (χ0n) is 9.64. The molecule has 5 nitrogen and oxygen atoms in total. The van der Waals surface area contributed by atoms with Crippen molar-refractivity contribution in [3.05, 3.63) is 10.6 Å². The van der Waals surface area contributed by atoms with E-state index in [0.29, 0.717) is 19.1 Å². The Morgan fingerprint density at radius 2 is 2.24 bits per heavy atom. The van der Waals surface area contributed by atoms with Gasteiger partial charge < -0.3 is 5.32 Å². The number of fused-ring (bicyclic) bond motifs is 1. The highest BCUT2D eigenvalue weighted by molar-refractivity contribution is 7.88. The molecule has 94 valence electrons. The molecule has 3 rings (SSSR count). The van der Waals surface area contributed by atoms with Crippen molar-refractivity contribution in [2.75, 3.05) is 18.1 Å². The van der Waals surface area contributed by atoms with Crippen LogP contribution in [0, 0.1) is 0 Å². The molecule has 1 N–H and O–H groups in total. The lowest BCUT2D eigenvalue weighted by atomic mass is 10.2. The first-order valence-corrected chi connectivity index (χ1v) is 8.39. The molecule has 0 spiro atoms. The molecule has 7 heteroatoms. The van der Waals surface area contributed by atoms with E-state index in [0.717, 1.165) is 22.1 Å². The third-order valence-electron chi connectivity index (χ3n) is 3.07. The number of aromatic nitrogens is 1. The zero-order chi connectivity index (χ0) is 12.0. The number of anilines is 1. The molecule has 1 fully saturated rings. The summed E-state index contributed by atoms with van der Waals surface area (Å²) in [5.74, 6) is 0. The number of hydrogen-bond acceptors (Lipinski definition) is 5. The van der Waals surface area contributed by atoms with Gasteiger partial charge in [0.1, 0.15) is 0 Å². The summed E-state index contributed by atoms with van der Waals surface area (Å²) in [4.78, 5) is 5.62. The van der Waals surface area contributed by atoms with Crippen LogP contribution in [0.5, 0.6) is 0 Å². The molecule has 0 unspecified atom stereocenters. The Morgan fingerprint density at radius 3 is 2.88 bits per heavy atom. The van der Waals surface area contributed by atoms with Crippen LogP contribution >= 0.6 is 11.3 Å². The predicted octanol–water partition coefficient (Wildman–Crippen LogP) is 1.04. The largest absolute Gasteiger partial charge is 0.359 e. The molecule has 2 heterocycles. The minimum atomic E-state index is -3.08. The molecule has 1 aliphatic carbocycles. The van der Waals surface area contributed by atoms with Crippen LogP contribution < -0.4 is 5.32 Å². The zero-order valence-corrected chi connectivity index (χ0v) is 11.3. The van der Waals surface area contributed by atoms with Crippen molar-refractivity contribution in [2.45, 2.75) is 31.8 Å². The van der Waals surface area contributed by atoms with Gasteiger partial charge in [0.05, 0.1) is 11.9 Å². The van der Waals surface area contributed by atoms with Crippen molar-refractivity contribution in [3.8, 4) is 0 Å². The second-order valence-electron chi connectivity index (χ2n) is 4.65. The molecule has 0 amide bonds. The summed E-state index contributed by atoms with van der Waals surface area (Å²) >= 11 is 1.60. The van der Waals surface area contributed by atoms with Crippen molar-refractivity contribution >= 4 is 26.5 Å². The fourth-order valence-electron chi connectivity index (χ4n) is 1.92. The Labute approximate surface area is 105 Å². The van der Waals surface area contributed by atoms with E-state index in [1.807, 2.05) is 0 Å². The second-order valence-corrected chi connectivity index (χ2v) is 7.72. The molecule has 0 bridgehead atoms. The number of nitrogens with zero attached hydrogens (tertiary/aromatic N) is 2. The summed E-state index contributed by atoms with van der Waals surface area (Å²) in [6, 6.07) is 0.591. The van der Waals surface area contributed by atoms with Crippen LogP contribution in [0.15, 0.2) is 0 Å². The van der Waals surface area contributed by atoms with E-state index in [4.69, 9.17) is 0 Å². The lowest BCUT2D eigenvalue weighted by molar-refractivity contribution is 0.396. The number of nitrogens with one attached hydrogen (secondary N) is 1.